The third kappa shape index (κ3) is 5.94. The molecule has 5 nitrogen and oxygen atoms in total. The zero-order chi connectivity index (χ0) is 22.2. The molecular formula is C25H24ClNO4. The number of carbonyl (C=O) groups is 2. The Hall–Kier alpha value is -3.15. The molecule has 0 saturated heterocycles. The number of ether oxygens (including phenoxy) is 2. The van der Waals surface area contributed by atoms with Gasteiger partial charge >= 0.3 is 0 Å². The minimum Gasteiger partial charge on any atom is -0.490 e. The van der Waals surface area contributed by atoms with E-state index in [1.807, 2.05) is 49.4 Å². The molecule has 3 aromatic carbocycles. The summed E-state index contributed by atoms with van der Waals surface area (Å²) in [5.74, 6) is 0.113. The van der Waals surface area contributed by atoms with Crippen LogP contribution in [0.25, 0.3) is 0 Å². The summed E-state index contributed by atoms with van der Waals surface area (Å²) < 4.78 is 11.5. The molecule has 0 fully saturated rings. The molecule has 0 bridgehead atoms. The van der Waals surface area contributed by atoms with Crippen LogP contribution in [0.1, 0.15) is 50.9 Å². The molecule has 3 aromatic rings. The number of hydrogen-bond acceptors (Lipinski definition) is 4. The van der Waals surface area contributed by atoms with E-state index >= 15 is 0 Å². The van der Waals surface area contributed by atoms with Gasteiger partial charge in [0.1, 0.15) is 24.7 Å². The summed E-state index contributed by atoms with van der Waals surface area (Å²) in [7, 11) is 1.62. The van der Waals surface area contributed by atoms with E-state index in [1.165, 1.54) is 0 Å². The predicted octanol–water partition coefficient (Wildman–Crippen LogP) is 5.41. The van der Waals surface area contributed by atoms with E-state index < -0.39 is 0 Å². The van der Waals surface area contributed by atoms with Crippen molar-refractivity contribution >= 4 is 23.8 Å². The van der Waals surface area contributed by atoms with Crippen LogP contribution in [-0.2, 0) is 4.74 Å². The van der Waals surface area contributed by atoms with E-state index in [0.29, 0.717) is 21.9 Å². The molecule has 0 heterocycles. The second-order valence-electron chi connectivity index (χ2n) is 7.07. The van der Waals surface area contributed by atoms with Crippen molar-refractivity contribution in [2.24, 2.45) is 0 Å². The van der Waals surface area contributed by atoms with E-state index in [4.69, 9.17) is 21.1 Å². The number of methoxy groups -OCH3 is 1. The highest BCUT2D eigenvalue weighted by atomic mass is 35.5. The smallest absolute Gasteiger partial charge is 0.255 e. The maximum absolute atomic E-state index is 13.0. The van der Waals surface area contributed by atoms with Gasteiger partial charge in [0.2, 0.25) is 0 Å². The molecule has 0 aliphatic heterocycles. The normalized spacial score (nSPS) is 12.6. The Morgan fingerprint density at radius 3 is 2.39 bits per heavy atom. The van der Waals surface area contributed by atoms with Gasteiger partial charge in [-0.15, -0.1) is 0 Å². The molecule has 1 N–H and O–H groups in total. The Bertz CT molecular complexity index is 1020. The number of benzene rings is 3. The standard InChI is InChI=1S/C25H24ClNO4/c1-17(19-10-8-18(15-28)9-11-19)27-25(29)22-14-21(26)12-13-23(22)31-16-24(30-2)20-6-4-3-5-7-20/h3-15,17,24H,16H2,1-2H3,(H,27,29)/t17-,24?/m0/s1. The van der Waals surface area contributed by atoms with Crippen LogP contribution in [0, 0.1) is 0 Å². The maximum Gasteiger partial charge on any atom is 0.255 e. The molecule has 6 heteroatoms. The fourth-order valence-corrected chi connectivity index (χ4v) is 3.33. The van der Waals surface area contributed by atoms with Gasteiger partial charge in [0.15, 0.2) is 0 Å². The zero-order valence-corrected chi connectivity index (χ0v) is 18.1. The van der Waals surface area contributed by atoms with E-state index in [9.17, 15) is 9.59 Å². The fourth-order valence-electron chi connectivity index (χ4n) is 3.16. The van der Waals surface area contributed by atoms with Gasteiger partial charge in [0.05, 0.1) is 11.6 Å². The number of rotatable bonds is 9. The van der Waals surface area contributed by atoms with Crippen molar-refractivity contribution in [1.82, 2.24) is 5.32 Å². The van der Waals surface area contributed by atoms with Crippen LogP contribution < -0.4 is 10.1 Å². The maximum atomic E-state index is 13.0. The second-order valence-corrected chi connectivity index (χ2v) is 7.50. The average Bonchev–Trinajstić information content (AvgIpc) is 2.81. The van der Waals surface area contributed by atoms with E-state index in [2.05, 4.69) is 5.32 Å². The molecule has 0 aliphatic rings. The molecule has 3 rings (SSSR count). The molecule has 0 saturated carbocycles. The largest absolute Gasteiger partial charge is 0.490 e. The Morgan fingerprint density at radius 1 is 1.03 bits per heavy atom. The molecule has 0 radical (unpaired) electrons. The van der Waals surface area contributed by atoms with Gasteiger partial charge < -0.3 is 14.8 Å². The number of aldehydes is 1. The molecule has 160 valence electrons. The van der Waals surface area contributed by atoms with E-state index in [1.54, 1.807) is 37.4 Å². The Morgan fingerprint density at radius 2 is 1.74 bits per heavy atom. The van der Waals surface area contributed by atoms with E-state index in [-0.39, 0.29) is 24.7 Å². The van der Waals surface area contributed by atoms with Crippen LogP contribution in [0.2, 0.25) is 5.02 Å². The van der Waals surface area contributed by atoms with Gasteiger partial charge in [-0.25, -0.2) is 0 Å². The third-order valence-corrected chi connectivity index (χ3v) is 5.19. The molecule has 0 spiro atoms. The highest BCUT2D eigenvalue weighted by Gasteiger charge is 2.18. The van der Waals surface area contributed by atoms with Gasteiger partial charge in [-0.2, -0.15) is 0 Å². The first-order chi connectivity index (χ1) is 15.0. The van der Waals surface area contributed by atoms with Crippen LogP contribution >= 0.6 is 11.6 Å². The molecule has 0 aliphatic carbocycles. The average molecular weight is 438 g/mol. The van der Waals surface area contributed by atoms with Crippen molar-refractivity contribution < 1.29 is 19.1 Å². The van der Waals surface area contributed by atoms with Crippen molar-refractivity contribution in [2.75, 3.05) is 13.7 Å². The summed E-state index contributed by atoms with van der Waals surface area (Å²) in [6.45, 7) is 2.11. The van der Waals surface area contributed by atoms with Crippen molar-refractivity contribution in [1.29, 1.82) is 0 Å². The van der Waals surface area contributed by atoms with Crippen molar-refractivity contribution in [2.45, 2.75) is 19.1 Å². The van der Waals surface area contributed by atoms with Gasteiger partial charge in [-0.05, 0) is 36.2 Å². The van der Waals surface area contributed by atoms with Crippen LogP contribution in [0.3, 0.4) is 0 Å². The first kappa shape index (κ1) is 22.5. The van der Waals surface area contributed by atoms with Crippen molar-refractivity contribution in [3.63, 3.8) is 0 Å². The fraction of sp³-hybridized carbons (Fsp3) is 0.200. The SMILES string of the molecule is COC(COc1ccc(Cl)cc1C(=O)N[C@@H](C)c1ccc(C=O)cc1)c1ccccc1. The molecular weight excluding hydrogens is 414 g/mol. The number of nitrogens with one attached hydrogen (secondary N) is 1. The van der Waals surface area contributed by atoms with Crippen molar-refractivity contribution in [3.8, 4) is 5.75 Å². The second kappa shape index (κ2) is 10.8. The Balaban J connectivity index is 1.73. The summed E-state index contributed by atoms with van der Waals surface area (Å²) in [5, 5.41) is 3.39. The first-order valence-corrected chi connectivity index (χ1v) is 10.3. The van der Waals surface area contributed by atoms with Gasteiger partial charge in [-0.3, -0.25) is 9.59 Å². The molecule has 0 aromatic heterocycles. The summed E-state index contributed by atoms with van der Waals surface area (Å²) in [4.78, 5) is 23.8. The van der Waals surface area contributed by atoms with Crippen LogP contribution in [0.15, 0.2) is 72.8 Å². The molecule has 2 atom stereocenters. The highest BCUT2D eigenvalue weighted by molar-refractivity contribution is 6.31. The minimum atomic E-state index is -0.307. The Kier molecular flexibility index (Phi) is 7.82. The van der Waals surface area contributed by atoms with E-state index in [0.717, 1.165) is 17.4 Å². The van der Waals surface area contributed by atoms with Crippen LogP contribution in [0.5, 0.6) is 5.75 Å². The lowest BCUT2D eigenvalue weighted by molar-refractivity contribution is 0.0569. The summed E-state index contributed by atoms with van der Waals surface area (Å²) in [6, 6.07) is 21.5. The Labute approximate surface area is 187 Å². The number of halogens is 1. The van der Waals surface area contributed by atoms with Gasteiger partial charge in [0.25, 0.3) is 5.91 Å². The topological polar surface area (TPSA) is 64.6 Å². The summed E-state index contributed by atoms with van der Waals surface area (Å²) >= 11 is 6.14. The lowest BCUT2D eigenvalue weighted by atomic mass is 10.1. The third-order valence-electron chi connectivity index (χ3n) is 4.95. The minimum absolute atomic E-state index is 0.241. The first-order valence-electron chi connectivity index (χ1n) is 9.88. The van der Waals surface area contributed by atoms with Crippen LogP contribution in [0.4, 0.5) is 0 Å². The number of amides is 1. The summed E-state index contributed by atoms with van der Waals surface area (Å²) in [6.07, 6.45) is 0.508. The molecule has 1 unspecified atom stereocenters. The van der Waals surface area contributed by atoms with Gasteiger partial charge in [-0.1, -0.05) is 66.2 Å². The summed E-state index contributed by atoms with van der Waals surface area (Å²) in [5.41, 5.74) is 2.79. The quantitative estimate of drug-likeness (QED) is 0.454. The van der Waals surface area contributed by atoms with Gasteiger partial charge in [0, 0.05) is 17.7 Å². The monoisotopic (exact) mass is 437 g/mol. The van der Waals surface area contributed by atoms with Crippen molar-refractivity contribution in [3.05, 3.63) is 100 Å². The molecule has 1 amide bonds. The molecule has 31 heavy (non-hydrogen) atoms. The predicted molar refractivity (Wildman–Crippen MR) is 121 cm³/mol. The number of carbonyl (C=O) groups excluding carboxylic acids is 2. The lowest BCUT2D eigenvalue weighted by Crippen LogP contribution is -2.27. The lowest BCUT2D eigenvalue weighted by Gasteiger charge is -2.19. The highest BCUT2D eigenvalue weighted by Crippen LogP contribution is 2.26. The zero-order valence-electron chi connectivity index (χ0n) is 17.4. The van der Waals surface area contributed by atoms with Crippen LogP contribution in [-0.4, -0.2) is 25.9 Å². The number of hydrogen-bond donors (Lipinski definition) is 1.